The summed E-state index contributed by atoms with van der Waals surface area (Å²) in [5.41, 5.74) is 13.6. The Hall–Kier alpha value is -6.84. The van der Waals surface area contributed by atoms with Crippen LogP contribution in [0.15, 0.2) is 187 Å². The van der Waals surface area contributed by atoms with Gasteiger partial charge in [-0.1, -0.05) is 122 Å². The van der Waals surface area contributed by atoms with Crippen molar-refractivity contribution in [2.75, 3.05) is 0 Å². The van der Waals surface area contributed by atoms with E-state index in [0.29, 0.717) is 0 Å². The molecule has 7 aromatic carbocycles. The molecule has 0 fully saturated rings. The summed E-state index contributed by atoms with van der Waals surface area (Å²) < 4.78 is 15.3. The zero-order valence-electron chi connectivity index (χ0n) is 27.7. The summed E-state index contributed by atoms with van der Waals surface area (Å²) in [6.07, 6.45) is 7.64. The molecule has 3 nitrogen and oxygen atoms in total. The average Bonchev–Trinajstić information content (AvgIpc) is 3.73. The van der Waals surface area contributed by atoms with Gasteiger partial charge in [-0.25, -0.2) is 0 Å². The molecular weight excluding hydrogens is 623 g/mol. The van der Waals surface area contributed by atoms with Gasteiger partial charge in [0.1, 0.15) is 16.9 Å². The molecule has 3 heteroatoms. The van der Waals surface area contributed by atoms with Crippen LogP contribution in [-0.4, -0.2) is 4.57 Å². The topological polar surface area (TPSA) is 27.3 Å². The highest BCUT2D eigenvalue weighted by molar-refractivity contribution is 6.14. The maximum absolute atomic E-state index is 6.58. The van der Waals surface area contributed by atoms with Crippen molar-refractivity contribution in [3.05, 3.63) is 188 Å². The van der Waals surface area contributed by atoms with Crippen LogP contribution in [0.5, 0.6) is 5.75 Å². The number of hydrogen-bond donors (Lipinski definition) is 0. The Balaban J connectivity index is 1.27. The smallest absolute Gasteiger partial charge is 0.144 e. The zero-order valence-corrected chi connectivity index (χ0v) is 27.7. The third kappa shape index (κ3) is 4.74. The van der Waals surface area contributed by atoms with Crippen molar-refractivity contribution in [1.82, 2.24) is 4.57 Å². The minimum atomic E-state index is 0.812. The lowest BCUT2D eigenvalue weighted by Gasteiger charge is -2.16. The Bertz CT molecular complexity index is 2900. The van der Waals surface area contributed by atoms with E-state index in [0.717, 1.165) is 88.6 Å². The molecule has 240 valence electrons. The third-order valence-electron chi connectivity index (χ3n) is 10.0. The fourth-order valence-electron chi connectivity index (χ4n) is 7.64. The van der Waals surface area contributed by atoms with E-state index in [4.69, 9.17) is 9.15 Å². The summed E-state index contributed by atoms with van der Waals surface area (Å²) in [5.74, 6) is 0.812. The van der Waals surface area contributed by atoms with Crippen molar-refractivity contribution in [3.63, 3.8) is 0 Å². The molecule has 1 aliphatic heterocycles. The van der Waals surface area contributed by atoms with E-state index in [9.17, 15) is 0 Å². The number of para-hydroxylation sites is 3. The molecule has 51 heavy (non-hydrogen) atoms. The first-order chi connectivity index (χ1) is 25.2. The number of hydrogen-bond acceptors (Lipinski definition) is 2. The van der Waals surface area contributed by atoms with Gasteiger partial charge < -0.3 is 13.7 Å². The number of ether oxygens (including phenoxy) is 1. The molecule has 0 saturated carbocycles. The predicted molar refractivity (Wildman–Crippen MR) is 212 cm³/mol. The standard InChI is InChI=1S/C48H31NO2/c1-31-13-9-10-26-50-48-38(31)24-25-44-46(48)42-19-5-7-22-43(42)49(44)37-29-35(34-17-11-16-33(27-34)32-14-3-2-4-15-32)28-36(30-37)39-20-12-21-41-40-18-6-8-23-45(40)51-47(39)41/h2-30H,1H2/b13-9-,26-10-. The molecule has 0 unspecified atom stereocenters. The molecular formula is C48H31NO2. The van der Waals surface area contributed by atoms with E-state index in [1.54, 1.807) is 6.26 Å². The van der Waals surface area contributed by atoms with Crippen molar-refractivity contribution in [2.24, 2.45) is 0 Å². The van der Waals surface area contributed by atoms with Crippen LogP contribution < -0.4 is 4.74 Å². The molecule has 0 radical (unpaired) electrons. The van der Waals surface area contributed by atoms with Crippen LogP contribution in [0, 0.1) is 0 Å². The van der Waals surface area contributed by atoms with Gasteiger partial charge in [0.25, 0.3) is 0 Å². The highest BCUT2D eigenvalue weighted by Gasteiger charge is 2.21. The van der Waals surface area contributed by atoms with Crippen molar-refractivity contribution < 1.29 is 9.15 Å². The fraction of sp³-hybridized carbons (Fsp3) is 0. The van der Waals surface area contributed by atoms with Gasteiger partial charge in [0.2, 0.25) is 0 Å². The minimum absolute atomic E-state index is 0.812. The Morgan fingerprint density at radius 3 is 2.10 bits per heavy atom. The lowest BCUT2D eigenvalue weighted by molar-refractivity contribution is 0.485. The number of benzene rings is 7. The minimum Gasteiger partial charge on any atom is -0.464 e. The number of furan rings is 1. The van der Waals surface area contributed by atoms with Crippen LogP contribution >= 0.6 is 0 Å². The molecule has 0 aliphatic carbocycles. The average molecular weight is 654 g/mol. The van der Waals surface area contributed by atoms with Gasteiger partial charge in [0.05, 0.1) is 22.7 Å². The van der Waals surface area contributed by atoms with E-state index < -0.39 is 0 Å². The molecule has 9 aromatic rings. The van der Waals surface area contributed by atoms with Gasteiger partial charge in [-0.15, -0.1) is 0 Å². The maximum atomic E-state index is 6.58. The Kier molecular flexibility index (Phi) is 6.65. The second-order valence-electron chi connectivity index (χ2n) is 13.0. The van der Waals surface area contributed by atoms with Crippen LogP contribution in [0.1, 0.15) is 5.56 Å². The van der Waals surface area contributed by atoms with Gasteiger partial charge in [-0.2, -0.15) is 0 Å². The second-order valence-corrected chi connectivity index (χ2v) is 13.0. The van der Waals surface area contributed by atoms with E-state index in [-0.39, 0.29) is 0 Å². The summed E-state index contributed by atoms with van der Waals surface area (Å²) in [6.45, 7) is 4.35. The monoisotopic (exact) mass is 653 g/mol. The molecule has 0 spiro atoms. The van der Waals surface area contributed by atoms with Gasteiger partial charge in [-0.05, 0) is 88.0 Å². The predicted octanol–water partition coefficient (Wildman–Crippen LogP) is 13.2. The molecule has 0 bridgehead atoms. The summed E-state index contributed by atoms with van der Waals surface area (Å²) in [4.78, 5) is 0. The first-order valence-electron chi connectivity index (χ1n) is 17.2. The normalized spacial score (nSPS) is 14.0. The quantitative estimate of drug-likeness (QED) is 0.189. The Morgan fingerprint density at radius 1 is 0.490 bits per heavy atom. The number of fused-ring (bicyclic) bond motifs is 8. The molecule has 0 amide bonds. The first-order valence-corrected chi connectivity index (χ1v) is 17.2. The molecule has 3 heterocycles. The molecule has 0 atom stereocenters. The fourth-order valence-corrected chi connectivity index (χ4v) is 7.64. The largest absolute Gasteiger partial charge is 0.464 e. The first kappa shape index (κ1) is 29.1. The van der Waals surface area contributed by atoms with Crippen molar-refractivity contribution in [2.45, 2.75) is 0 Å². The number of nitrogens with zero attached hydrogens (tertiary/aromatic N) is 1. The highest BCUT2D eigenvalue weighted by atomic mass is 16.5. The lowest BCUT2D eigenvalue weighted by Crippen LogP contribution is -1.97. The summed E-state index contributed by atoms with van der Waals surface area (Å²) in [7, 11) is 0. The number of rotatable bonds is 4. The Morgan fingerprint density at radius 2 is 1.20 bits per heavy atom. The number of aromatic nitrogens is 1. The summed E-state index contributed by atoms with van der Waals surface area (Å²) in [6, 6.07) is 53.9. The lowest BCUT2D eigenvalue weighted by atomic mass is 9.94. The van der Waals surface area contributed by atoms with E-state index >= 15 is 0 Å². The van der Waals surface area contributed by atoms with Crippen LogP contribution in [0.4, 0.5) is 0 Å². The second kappa shape index (κ2) is 11.6. The molecule has 0 saturated heterocycles. The van der Waals surface area contributed by atoms with Crippen molar-refractivity contribution >= 4 is 49.3 Å². The van der Waals surface area contributed by atoms with Crippen LogP contribution in [0.25, 0.3) is 88.4 Å². The van der Waals surface area contributed by atoms with Gasteiger partial charge in [0.15, 0.2) is 0 Å². The van der Waals surface area contributed by atoms with E-state index in [1.165, 1.54) is 11.1 Å². The molecule has 0 N–H and O–H groups in total. The van der Waals surface area contributed by atoms with Crippen molar-refractivity contribution in [3.8, 4) is 44.8 Å². The van der Waals surface area contributed by atoms with Gasteiger partial charge in [0, 0.05) is 33.0 Å². The summed E-state index contributed by atoms with van der Waals surface area (Å²) >= 11 is 0. The van der Waals surface area contributed by atoms with E-state index in [1.807, 2.05) is 30.4 Å². The van der Waals surface area contributed by atoms with Crippen molar-refractivity contribution in [1.29, 1.82) is 0 Å². The SMILES string of the molecule is C=C1/C=C\C=C/Oc2c1ccc1c2c2ccccc2n1-c1cc(-c2cccc(-c3ccccc3)c2)cc(-c2cccc3c2oc2ccccc23)c1. The van der Waals surface area contributed by atoms with Gasteiger partial charge in [-0.3, -0.25) is 0 Å². The van der Waals surface area contributed by atoms with Gasteiger partial charge >= 0.3 is 0 Å². The maximum Gasteiger partial charge on any atom is 0.144 e. The van der Waals surface area contributed by atoms with Crippen LogP contribution in [0.3, 0.4) is 0 Å². The highest BCUT2D eigenvalue weighted by Crippen LogP contribution is 2.44. The molecule has 2 aromatic heterocycles. The summed E-state index contributed by atoms with van der Waals surface area (Å²) in [5, 5.41) is 4.40. The third-order valence-corrected chi connectivity index (χ3v) is 10.0. The van der Waals surface area contributed by atoms with Crippen LogP contribution in [0.2, 0.25) is 0 Å². The zero-order chi connectivity index (χ0) is 33.9. The molecule has 1 aliphatic rings. The van der Waals surface area contributed by atoms with Crippen LogP contribution in [-0.2, 0) is 0 Å². The Labute approximate surface area is 295 Å². The molecule has 10 rings (SSSR count). The van der Waals surface area contributed by atoms with E-state index in [2.05, 4.69) is 151 Å². The number of allylic oxidation sites excluding steroid dienone is 4.